The highest BCUT2D eigenvalue weighted by atomic mass is 79.9. The van der Waals surface area contributed by atoms with Crippen LogP contribution >= 0.6 is 15.9 Å². The van der Waals surface area contributed by atoms with Crippen LogP contribution in [0, 0.1) is 0 Å². The molecule has 0 spiro atoms. The van der Waals surface area contributed by atoms with E-state index in [-0.39, 0.29) is 5.91 Å². The van der Waals surface area contributed by atoms with Crippen LogP contribution in [0.25, 0.3) is 0 Å². The fraction of sp³-hybridized carbons (Fsp3) is 0.222. The molecule has 0 fully saturated rings. The van der Waals surface area contributed by atoms with Gasteiger partial charge in [-0.2, -0.15) is 0 Å². The lowest BCUT2D eigenvalue weighted by Gasteiger charge is -2.14. The molecule has 120 valence electrons. The summed E-state index contributed by atoms with van der Waals surface area (Å²) in [5.41, 5.74) is 2.26. The third kappa shape index (κ3) is 4.66. The van der Waals surface area contributed by atoms with E-state index in [1.165, 1.54) is 5.56 Å². The molecule has 1 atom stereocenters. The van der Waals surface area contributed by atoms with Crippen molar-refractivity contribution in [2.75, 3.05) is 5.32 Å². The Morgan fingerprint density at radius 2 is 1.78 bits per heavy atom. The van der Waals surface area contributed by atoms with Crippen LogP contribution in [-0.4, -0.2) is 18.0 Å². The molecule has 0 aliphatic rings. The molecule has 0 saturated heterocycles. The van der Waals surface area contributed by atoms with E-state index in [4.69, 9.17) is 4.74 Å². The van der Waals surface area contributed by atoms with Crippen molar-refractivity contribution in [1.29, 1.82) is 0 Å². The number of hydrogen-bond donors (Lipinski definition) is 1. The van der Waals surface area contributed by atoms with Gasteiger partial charge in [-0.1, -0.05) is 31.2 Å². The zero-order valence-corrected chi connectivity index (χ0v) is 14.6. The van der Waals surface area contributed by atoms with E-state index in [1.54, 1.807) is 31.2 Å². The Morgan fingerprint density at radius 1 is 1.13 bits per heavy atom. The lowest BCUT2D eigenvalue weighted by Crippen LogP contribution is -2.30. The molecule has 0 saturated carbocycles. The van der Waals surface area contributed by atoms with Gasteiger partial charge in [-0.15, -0.1) is 0 Å². The minimum atomic E-state index is -0.888. The van der Waals surface area contributed by atoms with E-state index in [9.17, 15) is 9.59 Å². The van der Waals surface area contributed by atoms with Gasteiger partial charge in [0, 0.05) is 10.2 Å². The highest BCUT2D eigenvalue weighted by Crippen LogP contribution is 2.18. The Morgan fingerprint density at radius 3 is 2.39 bits per heavy atom. The standard InChI is InChI=1S/C18H18BrNO3/c1-3-13-8-10-14(11-9-13)20-17(21)12(2)23-18(22)15-6-4-5-7-16(15)19/h4-12H,3H2,1-2H3,(H,20,21). The van der Waals surface area contributed by atoms with E-state index in [1.807, 2.05) is 24.3 Å². The fourth-order valence-electron chi connectivity index (χ4n) is 1.97. The summed E-state index contributed by atoms with van der Waals surface area (Å²) in [4.78, 5) is 24.2. The van der Waals surface area contributed by atoms with Crippen molar-refractivity contribution in [3.8, 4) is 0 Å². The summed E-state index contributed by atoms with van der Waals surface area (Å²) in [6.45, 7) is 3.61. The summed E-state index contributed by atoms with van der Waals surface area (Å²) in [7, 11) is 0. The lowest BCUT2D eigenvalue weighted by atomic mass is 10.1. The predicted octanol–water partition coefficient (Wildman–Crippen LogP) is 4.20. The second-order valence-corrected chi connectivity index (χ2v) is 5.92. The molecule has 1 amide bonds. The maximum Gasteiger partial charge on any atom is 0.340 e. The number of hydrogen-bond acceptors (Lipinski definition) is 3. The largest absolute Gasteiger partial charge is 0.449 e. The molecule has 2 aromatic rings. The molecule has 2 rings (SSSR count). The number of ether oxygens (including phenoxy) is 1. The second-order valence-electron chi connectivity index (χ2n) is 5.07. The van der Waals surface area contributed by atoms with Crippen LogP contribution in [0.3, 0.4) is 0 Å². The zero-order valence-electron chi connectivity index (χ0n) is 13.0. The maximum atomic E-state index is 12.1. The van der Waals surface area contributed by atoms with Crippen molar-refractivity contribution < 1.29 is 14.3 Å². The quantitative estimate of drug-likeness (QED) is 0.796. The number of halogens is 1. The van der Waals surface area contributed by atoms with Gasteiger partial charge in [0.2, 0.25) is 0 Å². The number of carbonyl (C=O) groups excluding carboxylic acids is 2. The molecule has 0 bridgehead atoms. The number of amides is 1. The van der Waals surface area contributed by atoms with Crippen molar-refractivity contribution in [2.24, 2.45) is 0 Å². The van der Waals surface area contributed by atoms with Gasteiger partial charge in [0.05, 0.1) is 5.56 Å². The van der Waals surface area contributed by atoms with E-state index < -0.39 is 12.1 Å². The van der Waals surface area contributed by atoms with Crippen molar-refractivity contribution in [2.45, 2.75) is 26.4 Å². The molecule has 0 aromatic heterocycles. The average Bonchev–Trinajstić information content (AvgIpc) is 2.55. The minimum absolute atomic E-state index is 0.366. The Kier molecular flexibility index (Phi) is 5.93. The van der Waals surface area contributed by atoms with Crippen LogP contribution in [0.1, 0.15) is 29.8 Å². The Labute approximate surface area is 144 Å². The van der Waals surface area contributed by atoms with Crippen molar-refractivity contribution in [1.82, 2.24) is 0 Å². The van der Waals surface area contributed by atoms with Gasteiger partial charge in [0.15, 0.2) is 6.10 Å². The van der Waals surface area contributed by atoms with Gasteiger partial charge in [-0.05, 0) is 59.1 Å². The van der Waals surface area contributed by atoms with Crippen LogP contribution in [0.2, 0.25) is 0 Å². The van der Waals surface area contributed by atoms with Gasteiger partial charge >= 0.3 is 5.97 Å². The minimum Gasteiger partial charge on any atom is -0.449 e. The number of rotatable bonds is 5. The summed E-state index contributed by atoms with van der Waals surface area (Å²) in [5, 5.41) is 2.74. The summed E-state index contributed by atoms with van der Waals surface area (Å²) < 4.78 is 5.85. The number of carbonyl (C=O) groups is 2. The first-order valence-corrected chi connectivity index (χ1v) is 8.16. The van der Waals surface area contributed by atoms with Crippen LogP contribution in [-0.2, 0) is 16.0 Å². The third-order valence-electron chi connectivity index (χ3n) is 3.38. The van der Waals surface area contributed by atoms with Crippen LogP contribution in [0.5, 0.6) is 0 Å². The molecular weight excluding hydrogens is 358 g/mol. The maximum absolute atomic E-state index is 12.1. The molecule has 23 heavy (non-hydrogen) atoms. The molecule has 1 N–H and O–H groups in total. The van der Waals surface area contributed by atoms with Crippen molar-refractivity contribution in [3.63, 3.8) is 0 Å². The number of aryl methyl sites for hydroxylation is 1. The van der Waals surface area contributed by atoms with Crippen molar-refractivity contribution in [3.05, 3.63) is 64.1 Å². The Balaban J connectivity index is 1.96. The van der Waals surface area contributed by atoms with Gasteiger partial charge < -0.3 is 10.1 Å². The number of nitrogens with one attached hydrogen (secondary N) is 1. The SMILES string of the molecule is CCc1ccc(NC(=O)C(C)OC(=O)c2ccccc2Br)cc1. The molecule has 2 aromatic carbocycles. The number of benzene rings is 2. The normalized spacial score (nSPS) is 11.6. The summed E-state index contributed by atoms with van der Waals surface area (Å²) in [5.74, 6) is -0.906. The first-order chi connectivity index (χ1) is 11.0. The number of anilines is 1. The molecule has 1 unspecified atom stereocenters. The molecular formula is C18H18BrNO3. The van der Waals surface area contributed by atoms with E-state index in [0.717, 1.165) is 6.42 Å². The van der Waals surface area contributed by atoms with E-state index in [2.05, 4.69) is 28.2 Å². The van der Waals surface area contributed by atoms with Gasteiger partial charge in [-0.25, -0.2) is 4.79 Å². The Hall–Kier alpha value is -2.14. The second kappa shape index (κ2) is 7.92. The first kappa shape index (κ1) is 17.2. The lowest BCUT2D eigenvalue weighted by molar-refractivity contribution is -0.123. The molecule has 0 heterocycles. The molecule has 4 nitrogen and oxygen atoms in total. The van der Waals surface area contributed by atoms with Crippen LogP contribution in [0.4, 0.5) is 5.69 Å². The van der Waals surface area contributed by atoms with Gasteiger partial charge in [0.25, 0.3) is 5.91 Å². The molecule has 0 aliphatic carbocycles. The molecule has 5 heteroatoms. The summed E-state index contributed by atoms with van der Waals surface area (Å²) >= 11 is 3.29. The van der Waals surface area contributed by atoms with Crippen LogP contribution in [0.15, 0.2) is 53.0 Å². The third-order valence-corrected chi connectivity index (χ3v) is 4.07. The fourth-order valence-corrected chi connectivity index (χ4v) is 2.42. The monoisotopic (exact) mass is 375 g/mol. The van der Waals surface area contributed by atoms with E-state index >= 15 is 0 Å². The zero-order chi connectivity index (χ0) is 16.8. The first-order valence-electron chi connectivity index (χ1n) is 7.36. The summed E-state index contributed by atoms with van der Waals surface area (Å²) in [6, 6.07) is 14.5. The smallest absolute Gasteiger partial charge is 0.340 e. The molecule has 0 radical (unpaired) electrons. The highest BCUT2D eigenvalue weighted by Gasteiger charge is 2.20. The van der Waals surface area contributed by atoms with Crippen LogP contribution < -0.4 is 5.32 Å². The molecule has 0 aliphatic heterocycles. The number of esters is 1. The highest BCUT2D eigenvalue weighted by molar-refractivity contribution is 9.10. The van der Waals surface area contributed by atoms with Gasteiger partial charge in [-0.3, -0.25) is 4.79 Å². The predicted molar refractivity (Wildman–Crippen MR) is 93.5 cm³/mol. The van der Waals surface area contributed by atoms with E-state index in [0.29, 0.717) is 15.7 Å². The Bertz CT molecular complexity index is 698. The average molecular weight is 376 g/mol. The van der Waals surface area contributed by atoms with Gasteiger partial charge in [0.1, 0.15) is 0 Å². The topological polar surface area (TPSA) is 55.4 Å². The summed E-state index contributed by atoms with van der Waals surface area (Å²) in [6.07, 6.45) is 0.0502. The van der Waals surface area contributed by atoms with Crippen molar-refractivity contribution >= 4 is 33.5 Å².